The van der Waals surface area contributed by atoms with Gasteiger partial charge in [-0.25, -0.2) is 9.97 Å². The lowest BCUT2D eigenvalue weighted by atomic mass is 9.82. The smallest absolute Gasteiger partial charge is 0.142 e. The van der Waals surface area contributed by atoms with E-state index in [2.05, 4.69) is 33.0 Å². The molecule has 2 aromatic heterocycles. The van der Waals surface area contributed by atoms with Crippen molar-refractivity contribution < 1.29 is 0 Å². The van der Waals surface area contributed by atoms with Crippen LogP contribution in [-0.2, 0) is 0 Å². The van der Waals surface area contributed by atoms with Crippen LogP contribution < -0.4 is 4.90 Å². The second-order valence-electron chi connectivity index (χ2n) is 6.48. The first-order valence-corrected chi connectivity index (χ1v) is 7.84. The van der Waals surface area contributed by atoms with Crippen LogP contribution in [0.4, 0.5) is 5.82 Å². The first kappa shape index (κ1) is 12.2. The third kappa shape index (κ3) is 1.89. The molecule has 4 heteroatoms. The summed E-state index contributed by atoms with van der Waals surface area (Å²) in [5.74, 6) is 3.00. The lowest BCUT2D eigenvalue weighted by molar-refractivity contribution is 0.277. The van der Waals surface area contributed by atoms with Gasteiger partial charge in [0.2, 0.25) is 0 Å². The van der Waals surface area contributed by atoms with Gasteiger partial charge >= 0.3 is 0 Å². The van der Waals surface area contributed by atoms with Gasteiger partial charge in [0.25, 0.3) is 0 Å². The molecule has 3 atom stereocenters. The summed E-state index contributed by atoms with van der Waals surface area (Å²) in [5, 5.41) is 1.14. The van der Waals surface area contributed by atoms with E-state index in [1.165, 1.54) is 38.5 Å². The molecular formula is C16H22N4. The molecule has 2 aliphatic rings. The van der Waals surface area contributed by atoms with Gasteiger partial charge in [-0.3, -0.25) is 0 Å². The molecule has 1 unspecified atom stereocenters. The number of anilines is 1. The van der Waals surface area contributed by atoms with Gasteiger partial charge in [-0.1, -0.05) is 25.7 Å². The SMILES string of the molecule is CN(c1ncnc2[nH]ccc12)C1C[C@H]2CCCC[C@H]2C1. The Morgan fingerprint density at radius 3 is 2.65 bits per heavy atom. The summed E-state index contributed by atoms with van der Waals surface area (Å²) in [6, 6.07) is 2.74. The normalized spacial score (nSPS) is 29.6. The number of nitrogens with zero attached hydrogens (tertiary/aromatic N) is 3. The van der Waals surface area contributed by atoms with E-state index in [1.807, 2.05) is 6.20 Å². The average molecular weight is 270 g/mol. The van der Waals surface area contributed by atoms with Gasteiger partial charge in [-0.05, 0) is 30.7 Å². The molecule has 0 aliphatic heterocycles. The van der Waals surface area contributed by atoms with E-state index in [9.17, 15) is 0 Å². The van der Waals surface area contributed by atoms with Crippen LogP contribution in [0.2, 0.25) is 0 Å². The fraction of sp³-hybridized carbons (Fsp3) is 0.625. The van der Waals surface area contributed by atoms with Gasteiger partial charge in [-0.2, -0.15) is 0 Å². The fourth-order valence-electron chi connectivity index (χ4n) is 4.33. The van der Waals surface area contributed by atoms with Crippen molar-refractivity contribution in [2.45, 2.75) is 44.6 Å². The van der Waals surface area contributed by atoms with Crippen molar-refractivity contribution in [1.29, 1.82) is 0 Å². The highest BCUT2D eigenvalue weighted by molar-refractivity contribution is 5.87. The zero-order valence-corrected chi connectivity index (χ0v) is 12.0. The summed E-state index contributed by atoms with van der Waals surface area (Å²) in [6.45, 7) is 0. The average Bonchev–Trinajstić information content (AvgIpc) is 3.12. The highest BCUT2D eigenvalue weighted by atomic mass is 15.2. The maximum atomic E-state index is 4.54. The molecule has 4 rings (SSSR count). The third-order valence-electron chi connectivity index (χ3n) is 5.43. The van der Waals surface area contributed by atoms with Crippen molar-refractivity contribution in [3.63, 3.8) is 0 Å². The predicted molar refractivity (Wildman–Crippen MR) is 80.8 cm³/mol. The van der Waals surface area contributed by atoms with Gasteiger partial charge in [0, 0.05) is 19.3 Å². The molecule has 0 spiro atoms. The number of rotatable bonds is 2. The molecule has 2 aromatic rings. The Labute approximate surface area is 119 Å². The van der Waals surface area contributed by atoms with Crippen LogP contribution in [-0.4, -0.2) is 28.0 Å². The van der Waals surface area contributed by atoms with Crippen molar-refractivity contribution in [3.05, 3.63) is 18.6 Å². The van der Waals surface area contributed by atoms with E-state index in [0.717, 1.165) is 28.7 Å². The van der Waals surface area contributed by atoms with Crippen LogP contribution in [0.15, 0.2) is 18.6 Å². The Kier molecular flexibility index (Phi) is 2.90. The van der Waals surface area contributed by atoms with Crippen LogP contribution in [0.25, 0.3) is 11.0 Å². The van der Waals surface area contributed by atoms with Crippen LogP contribution in [0, 0.1) is 11.8 Å². The molecular weight excluding hydrogens is 248 g/mol. The molecule has 20 heavy (non-hydrogen) atoms. The van der Waals surface area contributed by atoms with Crippen molar-refractivity contribution in [3.8, 4) is 0 Å². The zero-order chi connectivity index (χ0) is 13.5. The third-order valence-corrected chi connectivity index (χ3v) is 5.43. The van der Waals surface area contributed by atoms with Gasteiger partial charge in [0.05, 0.1) is 5.39 Å². The zero-order valence-electron chi connectivity index (χ0n) is 12.0. The molecule has 0 amide bonds. The van der Waals surface area contributed by atoms with Crippen LogP contribution >= 0.6 is 0 Å². The summed E-state index contributed by atoms with van der Waals surface area (Å²) >= 11 is 0. The van der Waals surface area contributed by atoms with Gasteiger partial charge in [0.1, 0.15) is 17.8 Å². The molecule has 4 nitrogen and oxygen atoms in total. The number of fused-ring (bicyclic) bond motifs is 2. The largest absolute Gasteiger partial charge is 0.356 e. The van der Waals surface area contributed by atoms with E-state index in [0.29, 0.717) is 6.04 Å². The molecule has 0 aromatic carbocycles. The Hall–Kier alpha value is -1.58. The van der Waals surface area contributed by atoms with Crippen LogP contribution in [0.5, 0.6) is 0 Å². The molecule has 1 N–H and O–H groups in total. The number of aromatic amines is 1. The maximum absolute atomic E-state index is 4.54. The lowest BCUT2D eigenvalue weighted by Gasteiger charge is -2.26. The number of nitrogens with one attached hydrogen (secondary N) is 1. The van der Waals surface area contributed by atoms with E-state index < -0.39 is 0 Å². The molecule has 106 valence electrons. The van der Waals surface area contributed by atoms with Crippen LogP contribution in [0.1, 0.15) is 38.5 Å². The Morgan fingerprint density at radius 2 is 1.90 bits per heavy atom. The molecule has 2 heterocycles. The van der Waals surface area contributed by atoms with E-state index in [-0.39, 0.29) is 0 Å². The quantitative estimate of drug-likeness (QED) is 0.910. The van der Waals surface area contributed by atoms with E-state index in [1.54, 1.807) is 6.33 Å². The summed E-state index contributed by atoms with van der Waals surface area (Å²) in [4.78, 5) is 14.4. The number of hydrogen-bond acceptors (Lipinski definition) is 3. The first-order valence-electron chi connectivity index (χ1n) is 7.84. The highest BCUT2D eigenvalue weighted by Gasteiger charge is 2.37. The summed E-state index contributed by atoms with van der Waals surface area (Å²) in [5.41, 5.74) is 0.942. The molecule has 2 aliphatic carbocycles. The van der Waals surface area contributed by atoms with Crippen molar-refractivity contribution in [2.75, 3.05) is 11.9 Å². The summed E-state index contributed by atoms with van der Waals surface area (Å²) in [6.07, 6.45) is 12.1. The van der Waals surface area contributed by atoms with Gasteiger partial charge < -0.3 is 9.88 Å². The number of aromatic nitrogens is 3. The minimum Gasteiger partial charge on any atom is -0.356 e. The number of H-pyrrole nitrogens is 1. The first-order chi connectivity index (χ1) is 9.83. The van der Waals surface area contributed by atoms with Crippen molar-refractivity contribution >= 4 is 16.9 Å². The Bertz CT molecular complexity index is 591. The van der Waals surface area contributed by atoms with E-state index in [4.69, 9.17) is 0 Å². The minimum absolute atomic E-state index is 0.649. The second-order valence-corrected chi connectivity index (χ2v) is 6.48. The Morgan fingerprint density at radius 1 is 1.15 bits per heavy atom. The van der Waals surface area contributed by atoms with Gasteiger partial charge in [0.15, 0.2) is 0 Å². The van der Waals surface area contributed by atoms with E-state index >= 15 is 0 Å². The summed E-state index contributed by atoms with van der Waals surface area (Å²) < 4.78 is 0. The lowest BCUT2D eigenvalue weighted by Crippen LogP contribution is -2.30. The topological polar surface area (TPSA) is 44.8 Å². The van der Waals surface area contributed by atoms with Crippen LogP contribution in [0.3, 0.4) is 0 Å². The monoisotopic (exact) mass is 270 g/mol. The van der Waals surface area contributed by atoms with Gasteiger partial charge in [-0.15, -0.1) is 0 Å². The highest BCUT2D eigenvalue weighted by Crippen LogP contribution is 2.44. The van der Waals surface area contributed by atoms with Crippen molar-refractivity contribution in [2.24, 2.45) is 11.8 Å². The summed E-state index contributed by atoms with van der Waals surface area (Å²) in [7, 11) is 2.21. The maximum Gasteiger partial charge on any atom is 0.142 e. The van der Waals surface area contributed by atoms with Crippen molar-refractivity contribution in [1.82, 2.24) is 15.0 Å². The molecule has 2 fully saturated rings. The minimum atomic E-state index is 0.649. The molecule has 2 saturated carbocycles. The fourth-order valence-corrected chi connectivity index (χ4v) is 4.33. The predicted octanol–water partition coefficient (Wildman–Crippen LogP) is 3.36. The second kappa shape index (κ2) is 4.76. The molecule has 0 bridgehead atoms. The Balaban J connectivity index is 1.61. The molecule has 0 saturated heterocycles. The molecule has 0 radical (unpaired) electrons. The standard InChI is InChI=1S/C16H22N4/c1-20(13-8-11-4-2-3-5-12(11)9-13)16-14-6-7-17-15(14)18-10-19-16/h6-7,10-13H,2-5,8-9H2,1H3,(H,17,18,19)/t11-,12+,13?. The number of hydrogen-bond donors (Lipinski definition) is 1.